The van der Waals surface area contributed by atoms with E-state index in [1.165, 1.54) is 0 Å². The van der Waals surface area contributed by atoms with Crippen molar-refractivity contribution in [2.24, 2.45) is 0 Å². The summed E-state index contributed by atoms with van der Waals surface area (Å²) in [6.45, 7) is 1.23. The first kappa shape index (κ1) is 15.3. The van der Waals surface area contributed by atoms with Crippen LogP contribution < -0.4 is 5.32 Å². The van der Waals surface area contributed by atoms with Crippen molar-refractivity contribution < 1.29 is 9.53 Å². The number of nitrogens with one attached hydrogen (secondary N) is 1. The van der Waals surface area contributed by atoms with Crippen LogP contribution >= 0.6 is 15.9 Å². The second kappa shape index (κ2) is 6.63. The topological polar surface area (TPSA) is 38.3 Å². The normalized spacial score (nSPS) is 17.0. The molecular weight excluding hydrogens is 342 g/mol. The van der Waals surface area contributed by atoms with Gasteiger partial charge in [-0.2, -0.15) is 0 Å². The van der Waals surface area contributed by atoms with Crippen molar-refractivity contribution in [2.45, 2.75) is 18.3 Å². The Bertz CT molecular complexity index is 634. The van der Waals surface area contributed by atoms with E-state index in [0.29, 0.717) is 26.1 Å². The van der Waals surface area contributed by atoms with Crippen LogP contribution in [0.15, 0.2) is 59.1 Å². The number of hydrogen-bond acceptors (Lipinski definition) is 2. The molecule has 0 aliphatic carbocycles. The van der Waals surface area contributed by atoms with Gasteiger partial charge < -0.3 is 10.1 Å². The molecule has 22 heavy (non-hydrogen) atoms. The van der Waals surface area contributed by atoms with Crippen molar-refractivity contribution in [1.82, 2.24) is 0 Å². The lowest BCUT2D eigenvalue weighted by atomic mass is 9.73. The lowest BCUT2D eigenvalue weighted by Gasteiger charge is -2.36. The van der Waals surface area contributed by atoms with Gasteiger partial charge in [-0.15, -0.1) is 0 Å². The van der Waals surface area contributed by atoms with Gasteiger partial charge in [0.25, 0.3) is 0 Å². The number of carbonyl (C=O) groups excluding carboxylic acids is 1. The van der Waals surface area contributed by atoms with Gasteiger partial charge in [0.15, 0.2) is 0 Å². The molecule has 1 N–H and O–H groups in total. The number of carbonyl (C=O) groups is 1. The van der Waals surface area contributed by atoms with E-state index >= 15 is 0 Å². The third-order valence-corrected chi connectivity index (χ3v) is 4.74. The van der Waals surface area contributed by atoms with E-state index < -0.39 is 5.41 Å². The van der Waals surface area contributed by atoms with Crippen molar-refractivity contribution in [3.8, 4) is 0 Å². The van der Waals surface area contributed by atoms with E-state index in [-0.39, 0.29) is 5.91 Å². The highest BCUT2D eigenvalue weighted by Gasteiger charge is 2.41. The lowest BCUT2D eigenvalue weighted by Crippen LogP contribution is -2.44. The number of hydrogen-bond donors (Lipinski definition) is 1. The maximum absolute atomic E-state index is 13.0. The Kier molecular flexibility index (Phi) is 4.60. The molecule has 0 aromatic heterocycles. The molecule has 0 radical (unpaired) electrons. The highest BCUT2D eigenvalue weighted by Crippen LogP contribution is 2.36. The van der Waals surface area contributed by atoms with E-state index in [9.17, 15) is 4.79 Å². The fourth-order valence-corrected chi connectivity index (χ4v) is 3.17. The van der Waals surface area contributed by atoms with E-state index in [1.807, 2.05) is 54.6 Å². The molecule has 3 rings (SSSR count). The van der Waals surface area contributed by atoms with Crippen LogP contribution in [0.25, 0.3) is 0 Å². The Balaban J connectivity index is 1.89. The van der Waals surface area contributed by atoms with E-state index in [0.717, 1.165) is 15.7 Å². The summed E-state index contributed by atoms with van der Waals surface area (Å²) in [5, 5.41) is 3.06. The zero-order valence-electron chi connectivity index (χ0n) is 12.2. The van der Waals surface area contributed by atoms with Crippen molar-refractivity contribution in [3.63, 3.8) is 0 Å². The lowest BCUT2D eigenvalue weighted by molar-refractivity contribution is -0.125. The first-order chi connectivity index (χ1) is 10.7. The molecule has 114 valence electrons. The average Bonchev–Trinajstić information content (AvgIpc) is 2.58. The number of halogens is 1. The fourth-order valence-electron chi connectivity index (χ4n) is 2.91. The molecule has 0 spiro atoms. The second-order valence-corrected chi connectivity index (χ2v) is 6.44. The van der Waals surface area contributed by atoms with Gasteiger partial charge in [-0.05, 0) is 42.7 Å². The Morgan fingerprint density at radius 2 is 1.64 bits per heavy atom. The van der Waals surface area contributed by atoms with E-state index in [2.05, 4.69) is 21.2 Å². The van der Waals surface area contributed by atoms with Crippen LogP contribution in [0.1, 0.15) is 18.4 Å². The third-order valence-electron chi connectivity index (χ3n) is 4.21. The van der Waals surface area contributed by atoms with Gasteiger partial charge in [0, 0.05) is 23.4 Å². The Labute approximate surface area is 138 Å². The Morgan fingerprint density at radius 3 is 2.27 bits per heavy atom. The molecule has 0 atom stereocenters. The van der Waals surface area contributed by atoms with Crippen molar-refractivity contribution in [3.05, 3.63) is 64.6 Å². The number of anilines is 1. The van der Waals surface area contributed by atoms with Gasteiger partial charge in [-0.3, -0.25) is 4.79 Å². The van der Waals surface area contributed by atoms with Gasteiger partial charge in [0.1, 0.15) is 0 Å². The average molecular weight is 360 g/mol. The maximum atomic E-state index is 13.0. The molecule has 2 aromatic rings. The van der Waals surface area contributed by atoms with Gasteiger partial charge in [-0.25, -0.2) is 0 Å². The summed E-state index contributed by atoms with van der Waals surface area (Å²) in [4.78, 5) is 13.0. The van der Waals surface area contributed by atoms with E-state index in [4.69, 9.17) is 4.74 Å². The molecule has 1 aliphatic rings. The summed E-state index contributed by atoms with van der Waals surface area (Å²) in [5.74, 6) is 0.0457. The second-order valence-electron chi connectivity index (χ2n) is 5.52. The van der Waals surface area contributed by atoms with Crippen LogP contribution in [0.3, 0.4) is 0 Å². The first-order valence-electron chi connectivity index (χ1n) is 7.41. The van der Waals surface area contributed by atoms with Gasteiger partial charge >= 0.3 is 0 Å². The van der Waals surface area contributed by atoms with Crippen molar-refractivity contribution >= 4 is 27.5 Å². The molecule has 0 saturated carbocycles. The maximum Gasteiger partial charge on any atom is 0.235 e. The minimum atomic E-state index is -0.507. The molecule has 1 saturated heterocycles. The third kappa shape index (κ3) is 3.08. The molecule has 4 heteroatoms. The van der Waals surface area contributed by atoms with Gasteiger partial charge in [0.05, 0.1) is 5.41 Å². The zero-order chi connectivity index (χ0) is 15.4. The molecular formula is C18H18BrNO2. The summed E-state index contributed by atoms with van der Waals surface area (Å²) >= 11 is 3.41. The monoisotopic (exact) mass is 359 g/mol. The molecule has 3 nitrogen and oxygen atoms in total. The van der Waals surface area contributed by atoms with Crippen molar-refractivity contribution in [1.29, 1.82) is 0 Å². The number of benzene rings is 2. The van der Waals surface area contributed by atoms with Crippen LogP contribution in [-0.2, 0) is 14.9 Å². The number of rotatable bonds is 3. The summed E-state index contributed by atoms with van der Waals surface area (Å²) in [6.07, 6.45) is 1.42. The molecule has 2 aromatic carbocycles. The Morgan fingerprint density at radius 1 is 1.00 bits per heavy atom. The van der Waals surface area contributed by atoms with Crippen LogP contribution in [-0.4, -0.2) is 19.1 Å². The zero-order valence-corrected chi connectivity index (χ0v) is 13.8. The fraction of sp³-hybridized carbons (Fsp3) is 0.278. The van der Waals surface area contributed by atoms with Gasteiger partial charge in [0.2, 0.25) is 5.91 Å². The summed E-state index contributed by atoms with van der Waals surface area (Å²) in [5.41, 5.74) is 1.37. The van der Waals surface area contributed by atoms with Crippen molar-refractivity contribution in [2.75, 3.05) is 18.5 Å². The van der Waals surface area contributed by atoms with Gasteiger partial charge in [-0.1, -0.05) is 46.3 Å². The molecule has 1 heterocycles. The minimum absolute atomic E-state index is 0.0457. The molecule has 0 bridgehead atoms. The molecule has 0 unspecified atom stereocenters. The number of ether oxygens (including phenoxy) is 1. The molecule has 1 aliphatic heterocycles. The standard InChI is InChI=1S/C18H18BrNO2/c19-15-6-8-16(9-7-15)20-17(21)18(10-12-22-13-11-18)14-4-2-1-3-5-14/h1-9H,10-13H2,(H,20,21). The predicted octanol–water partition coefficient (Wildman–Crippen LogP) is 4.14. The van der Waals surface area contributed by atoms with Crippen LogP contribution in [0.5, 0.6) is 0 Å². The summed E-state index contributed by atoms with van der Waals surface area (Å²) < 4.78 is 6.47. The Hall–Kier alpha value is -1.65. The van der Waals surface area contributed by atoms with E-state index in [1.54, 1.807) is 0 Å². The van der Waals surface area contributed by atoms with Crippen LogP contribution in [0.4, 0.5) is 5.69 Å². The van der Waals surface area contributed by atoms with Crippen LogP contribution in [0.2, 0.25) is 0 Å². The molecule has 1 amide bonds. The smallest absolute Gasteiger partial charge is 0.235 e. The highest BCUT2D eigenvalue weighted by molar-refractivity contribution is 9.10. The quantitative estimate of drug-likeness (QED) is 0.894. The highest BCUT2D eigenvalue weighted by atomic mass is 79.9. The number of amides is 1. The SMILES string of the molecule is O=C(Nc1ccc(Br)cc1)C1(c2ccccc2)CCOCC1. The minimum Gasteiger partial charge on any atom is -0.381 e. The predicted molar refractivity (Wildman–Crippen MR) is 90.9 cm³/mol. The molecule has 1 fully saturated rings. The largest absolute Gasteiger partial charge is 0.381 e. The summed E-state index contributed by atoms with van der Waals surface area (Å²) in [7, 11) is 0. The first-order valence-corrected chi connectivity index (χ1v) is 8.20. The van der Waals surface area contributed by atoms with Crippen LogP contribution in [0, 0.1) is 0 Å². The summed E-state index contributed by atoms with van der Waals surface area (Å²) in [6, 6.07) is 17.7.